The smallest absolute Gasteiger partial charge is 0.252 e. The molecule has 0 aliphatic rings. The van der Waals surface area contributed by atoms with Crippen LogP contribution in [-0.4, -0.2) is 46.2 Å². The van der Waals surface area contributed by atoms with E-state index in [-0.39, 0.29) is 11.7 Å². The molecule has 0 spiro atoms. The molecular weight excluding hydrogens is 460 g/mol. The Morgan fingerprint density at radius 3 is 2.52 bits per heavy atom. The maximum atomic E-state index is 12.7. The van der Waals surface area contributed by atoms with Gasteiger partial charge in [0.2, 0.25) is 5.91 Å². The van der Waals surface area contributed by atoms with E-state index in [0.717, 1.165) is 22.6 Å². The highest BCUT2D eigenvalue weighted by Crippen LogP contribution is 2.26. The second kappa shape index (κ2) is 9.72. The molecule has 0 radical (unpaired) electrons. The van der Waals surface area contributed by atoms with Crippen LogP contribution in [0.2, 0.25) is 5.02 Å². The van der Waals surface area contributed by atoms with Crippen LogP contribution in [0.3, 0.4) is 0 Å². The summed E-state index contributed by atoms with van der Waals surface area (Å²) in [6.45, 7) is 8.31. The number of aryl methyl sites for hydroxylation is 3. The third kappa shape index (κ3) is 5.23. The minimum Gasteiger partial charge on any atom is -0.310 e. The van der Waals surface area contributed by atoms with Gasteiger partial charge in [-0.2, -0.15) is 9.78 Å². The minimum atomic E-state index is -0.194. The summed E-state index contributed by atoms with van der Waals surface area (Å²) in [5.41, 5.74) is 3.28. The van der Waals surface area contributed by atoms with Gasteiger partial charge in [-0.25, -0.2) is 9.97 Å². The Kier molecular flexibility index (Phi) is 6.75. The van der Waals surface area contributed by atoms with Crippen molar-refractivity contribution in [1.82, 2.24) is 34.5 Å². The number of benzene rings is 1. The molecule has 0 aliphatic heterocycles. The van der Waals surface area contributed by atoms with E-state index in [2.05, 4.69) is 30.6 Å². The fraction of sp³-hybridized carbons (Fsp3) is 0.273. The summed E-state index contributed by atoms with van der Waals surface area (Å²) in [5, 5.41) is 17.2. The van der Waals surface area contributed by atoms with Crippen LogP contribution in [-0.2, 0) is 11.3 Å². The number of amides is 1. The third-order valence-corrected chi connectivity index (χ3v) is 5.91. The van der Waals surface area contributed by atoms with E-state index in [1.54, 1.807) is 10.7 Å². The number of rotatable bonds is 7. The van der Waals surface area contributed by atoms with Crippen LogP contribution < -0.4 is 5.32 Å². The van der Waals surface area contributed by atoms with E-state index in [9.17, 15) is 4.79 Å². The Morgan fingerprint density at radius 2 is 1.82 bits per heavy atom. The lowest BCUT2D eigenvalue weighted by atomic mass is 10.2. The first-order valence-electron chi connectivity index (χ1n) is 10.3. The van der Waals surface area contributed by atoms with Crippen molar-refractivity contribution in [2.75, 3.05) is 11.1 Å². The molecule has 1 N–H and O–H groups in total. The predicted molar refractivity (Wildman–Crippen MR) is 129 cm³/mol. The van der Waals surface area contributed by atoms with Crippen LogP contribution in [0, 0.1) is 20.8 Å². The van der Waals surface area contributed by atoms with Gasteiger partial charge in [0.25, 0.3) is 5.95 Å². The van der Waals surface area contributed by atoms with Gasteiger partial charge >= 0.3 is 0 Å². The highest BCUT2D eigenvalue weighted by Gasteiger charge is 2.17. The fourth-order valence-corrected chi connectivity index (χ4v) is 4.37. The zero-order valence-electron chi connectivity index (χ0n) is 18.7. The molecule has 9 nitrogen and oxygen atoms in total. The van der Waals surface area contributed by atoms with E-state index < -0.39 is 0 Å². The molecule has 11 heteroatoms. The molecule has 0 aliphatic carbocycles. The second-order valence-electron chi connectivity index (χ2n) is 7.43. The molecule has 4 rings (SSSR count). The molecular formula is C22H23ClN8OS. The summed E-state index contributed by atoms with van der Waals surface area (Å²) in [7, 11) is 0. The van der Waals surface area contributed by atoms with Gasteiger partial charge in [-0.3, -0.25) is 4.79 Å². The molecule has 0 atom stereocenters. The van der Waals surface area contributed by atoms with E-state index >= 15 is 0 Å². The first-order chi connectivity index (χ1) is 15.8. The van der Waals surface area contributed by atoms with Gasteiger partial charge in [-0.1, -0.05) is 35.5 Å². The third-order valence-electron chi connectivity index (χ3n) is 4.71. The molecule has 33 heavy (non-hydrogen) atoms. The summed E-state index contributed by atoms with van der Waals surface area (Å²) in [6.07, 6.45) is 0. The average Bonchev–Trinajstić information content (AvgIpc) is 3.34. The van der Waals surface area contributed by atoms with Crippen LogP contribution in [0.1, 0.15) is 24.0 Å². The Labute approximate surface area is 200 Å². The number of aromatic nitrogens is 7. The summed E-state index contributed by atoms with van der Waals surface area (Å²) < 4.78 is 3.51. The average molecular weight is 483 g/mol. The number of nitrogens with zero attached hydrogens (tertiary/aromatic N) is 7. The van der Waals surface area contributed by atoms with Gasteiger partial charge in [0.1, 0.15) is 5.82 Å². The second-order valence-corrected chi connectivity index (χ2v) is 8.81. The number of halogens is 1. The minimum absolute atomic E-state index is 0.158. The largest absolute Gasteiger partial charge is 0.310 e. The number of anilines is 1. The number of carbonyl (C=O) groups excluding carboxylic acids is 1. The number of carbonyl (C=O) groups is 1. The Balaban J connectivity index is 1.49. The fourth-order valence-electron chi connectivity index (χ4n) is 3.37. The normalized spacial score (nSPS) is 11.1. The highest BCUT2D eigenvalue weighted by atomic mass is 35.5. The van der Waals surface area contributed by atoms with Crippen molar-refractivity contribution in [3.8, 4) is 17.3 Å². The topological polar surface area (TPSA) is 103 Å². The van der Waals surface area contributed by atoms with Crippen LogP contribution in [0.4, 0.5) is 5.82 Å². The quantitative estimate of drug-likeness (QED) is 0.392. The Bertz CT molecular complexity index is 1300. The van der Waals surface area contributed by atoms with Crippen LogP contribution in [0.15, 0.2) is 41.6 Å². The van der Waals surface area contributed by atoms with E-state index in [0.29, 0.717) is 34.3 Å². The lowest BCUT2D eigenvalue weighted by Crippen LogP contribution is -2.18. The first kappa shape index (κ1) is 22.9. The van der Waals surface area contributed by atoms with Crippen molar-refractivity contribution in [3.05, 3.63) is 58.5 Å². The van der Waals surface area contributed by atoms with Crippen molar-refractivity contribution in [2.24, 2.45) is 0 Å². The van der Waals surface area contributed by atoms with Gasteiger partial charge in [-0.05, 0) is 45.9 Å². The molecule has 1 amide bonds. The Morgan fingerprint density at radius 1 is 1.06 bits per heavy atom. The highest BCUT2D eigenvalue weighted by molar-refractivity contribution is 7.99. The standard InChI is InChI=1S/C22H23ClN8OS/c1-5-30-20(16-7-6-8-17(23)11-16)27-28-22(30)33-12-19(32)26-18-10-15(4)29-31(18)21-24-13(2)9-14(3)25-21/h6-11H,5,12H2,1-4H3,(H,26,32). The molecule has 3 heterocycles. The van der Waals surface area contributed by atoms with Gasteiger partial charge in [0.05, 0.1) is 11.4 Å². The van der Waals surface area contributed by atoms with Gasteiger partial charge in [0.15, 0.2) is 11.0 Å². The molecule has 4 aromatic rings. The van der Waals surface area contributed by atoms with Gasteiger partial charge in [-0.15, -0.1) is 10.2 Å². The monoisotopic (exact) mass is 482 g/mol. The maximum absolute atomic E-state index is 12.7. The molecule has 0 fully saturated rings. The molecule has 0 unspecified atom stereocenters. The first-order valence-corrected chi connectivity index (χ1v) is 11.7. The van der Waals surface area contributed by atoms with E-state index in [1.807, 2.05) is 62.6 Å². The van der Waals surface area contributed by atoms with Crippen molar-refractivity contribution in [3.63, 3.8) is 0 Å². The van der Waals surface area contributed by atoms with Crippen LogP contribution in [0.25, 0.3) is 17.3 Å². The van der Waals surface area contributed by atoms with Gasteiger partial charge < -0.3 is 9.88 Å². The van der Waals surface area contributed by atoms with Crippen LogP contribution in [0.5, 0.6) is 0 Å². The van der Waals surface area contributed by atoms with Crippen molar-refractivity contribution in [2.45, 2.75) is 39.4 Å². The number of thioether (sulfide) groups is 1. The van der Waals surface area contributed by atoms with Crippen molar-refractivity contribution in [1.29, 1.82) is 0 Å². The lowest BCUT2D eigenvalue weighted by molar-refractivity contribution is -0.113. The molecule has 0 saturated carbocycles. The molecule has 0 bridgehead atoms. The van der Waals surface area contributed by atoms with Crippen LogP contribution >= 0.6 is 23.4 Å². The molecule has 3 aromatic heterocycles. The Hall–Kier alpha value is -3.24. The number of hydrogen-bond donors (Lipinski definition) is 1. The zero-order chi connectivity index (χ0) is 23.5. The maximum Gasteiger partial charge on any atom is 0.252 e. The predicted octanol–water partition coefficient (Wildman–Crippen LogP) is 4.25. The van der Waals surface area contributed by atoms with Gasteiger partial charge in [0, 0.05) is 34.6 Å². The zero-order valence-corrected chi connectivity index (χ0v) is 20.3. The van der Waals surface area contributed by atoms with Crippen molar-refractivity contribution < 1.29 is 4.79 Å². The molecule has 1 aromatic carbocycles. The number of hydrogen-bond acceptors (Lipinski definition) is 7. The summed E-state index contributed by atoms with van der Waals surface area (Å²) in [6, 6.07) is 11.1. The SMILES string of the molecule is CCn1c(SCC(=O)Nc2cc(C)nn2-c2nc(C)cc(C)n2)nnc1-c1cccc(Cl)c1. The van der Waals surface area contributed by atoms with E-state index in [4.69, 9.17) is 11.6 Å². The number of nitrogens with one attached hydrogen (secondary N) is 1. The lowest BCUT2D eigenvalue weighted by Gasteiger charge is -2.09. The summed E-state index contributed by atoms with van der Waals surface area (Å²) in [5.74, 6) is 1.61. The summed E-state index contributed by atoms with van der Waals surface area (Å²) in [4.78, 5) is 21.6. The molecule has 170 valence electrons. The van der Waals surface area contributed by atoms with E-state index in [1.165, 1.54) is 11.8 Å². The molecule has 0 saturated heterocycles. The summed E-state index contributed by atoms with van der Waals surface area (Å²) >= 11 is 7.44. The van der Waals surface area contributed by atoms with Crippen molar-refractivity contribution >= 4 is 35.1 Å².